The maximum Gasteiger partial charge on any atom is 0.343 e. The van der Waals surface area contributed by atoms with Crippen molar-refractivity contribution in [3.8, 4) is 11.4 Å². The molecule has 0 fully saturated rings. The monoisotopic (exact) mass is 432 g/mol. The van der Waals surface area contributed by atoms with Crippen molar-refractivity contribution in [1.29, 1.82) is 5.41 Å². The van der Waals surface area contributed by atoms with Crippen molar-refractivity contribution >= 4 is 23.1 Å². The summed E-state index contributed by atoms with van der Waals surface area (Å²) in [6.45, 7) is 2.43. The zero-order valence-electron chi connectivity index (χ0n) is 17.8. The van der Waals surface area contributed by atoms with Crippen LogP contribution >= 0.6 is 0 Å². The number of aryl methyl sites for hydroxylation is 1. The van der Waals surface area contributed by atoms with Gasteiger partial charge in [0.25, 0.3) is 5.56 Å². The van der Waals surface area contributed by atoms with E-state index >= 15 is 0 Å². The van der Waals surface area contributed by atoms with Crippen LogP contribution in [0.25, 0.3) is 22.3 Å². The number of esters is 1. The molecule has 2 aliphatic heterocycles. The number of aromatic nitrogens is 2. The van der Waals surface area contributed by atoms with Gasteiger partial charge in [-0.15, -0.1) is 0 Å². The first kappa shape index (κ1) is 20.5. The van der Waals surface area contributed by atoms with Gasteiger partial charge in [0.15, 0.2) is 5.60 Å². The lowest BCUT2D eigenvalue weighted by Crippen LogP contribution is -2.44. The van der Waals surface area contributed by atoms with Crippen LogP contribution in [0.5, 0.6) is 0 Å². The summed E-state index contributed by atoms with van der Waals surface area (Å²) < 4.78 is 6.79. The molecule has 0 radical (unpaired) electrons. The first-order chi connectivity index (χ1) is 15.4. The highest BCUT2D eigenvalue weighted by Gasteiger charge is 2.45. The third-order valence-electron chi connectivity index (χ3n) is 6.63. The van der Waals surface area contributed by atoms with Crippen molar-refractivity contribution in [2.75, 3.05) is 6.54 Å². The number of cyclic esters (lactones) is 1. The van der Waals surface area contributed by atoms with E-state index in [1.807, 2.05) is 18.2 Å². The molecule has 0 amide bonds. The lowest BCUT2D eigenvalue weighted by molar-refractivity contribution is -0.172. The summed E-state index contributed by atoms with van der Waals surface area (Å²) in [5, 5.41) is 19.6. The van der Waals surface area contributed by atoms with Crippen LogP contribution in [0.1, 0.15) is 47.6 Å². The van der Waals surface area contributed by atoms with Gasteiger partial charge < -0.3 is 25.6 Å². The van der Waals surface area contributed by atoms with Gasteiger partial charge in [0.2, 0.25) is 0 Å². The summed E-state index contributed by atoms with van der Waals surface area (Å²) >= 11 is 0. The summed E-state index contributed by atoms with van der Waals surface area (Å²) in [5.41, 5.74) is 9.13. The van der Waals surface area contributed by atoms with Gasteiger partial charge in [0, 0.05) is 22.7 Å². The molecule has 0 aliphatic carbocycles. The molecule has 0 saturated carbocycles. The molecule has 5 rings (SSSR count). The topological polar surface area (TPSA) is 131 Å². The van der Waals surface area contributed by atoms with Gasteiger partial charge in [0.05, 0.1) is 29.0 Å². The van der Waals surface area contributed by atoms with E-state index in [0.717, 1.165) is 40.4 Å². The van der Waals surface area contributed by atoms with Crippen molar-refractivity contribution < 1.29 is 14.6 Å². The number of nitrogens with zero attached hydrogens (tertiary/aromatic N) is 2. The van der Waals surface area contributed by atoms with E-state index in [2.05, 4.69) is 0 Å². The Balaban J connectivity index is 1.80. The third kappa shape index (κ3) is 2.76. The minimum Gasteiger partial charge on any atom is -0.458 e. The number of nitrogens with one attached hydrogen (secondary N) is 1. The number of ether oxygens (including phenoxy) is 1. The summed E-state index contributed by atoms with van der Waals surface area (Å²) in [5.74, 6) is -0.732. The van der Waals surface area contributed by atoms with Crippen LogP contribution in [0.2, 0.25) is 0 Å². The Morgan fingerprint density at radius 2 is 2.12 bits per heavy atom. The van der Waals surface area contributed by atoms with Gasteiger partial charge in [-0.1, -0.05) is 13.0 Å². The number of fused-ring (bicyclic) bond motifs is 5. The van der Waals surface area contributed by atoms with Crippen LogP contribution < -0.4 is 11.3 Å². The van der Waals surface area contributed by atoms with Crippen molar-refractivity contribution in [2.24, 2.45) is 5.73 Å². The fourth-order valence-electron chi connectivity index (χ4n) is 4.83. The number of carbonyl (C=O) groups excluding carboxylic acids is 1. The molecule has 164 valence electrons. The number of hydrogen-bond acceptors (Lipinski definition) is 7. The second kappa shape index (κ2) is 7.36. The number of aliphatic hydroxyl groups is 1. The Morgan fingerprint density at radius 1 is 1.31 bits per heavy atom. The summed E-state index contributed by atoms with van der Waals surface area (Å²) in [6, 6.07) is 7.38. The second-order valence-electron chi connectivity index (χ2n) is 8.33. The van der Waals surface area contributed by atoms with Crippen LogP contribution in [0.15, 0.2) is 29.1 Å². The van der Waals surface area contributed by atoms with Crippen LogP contribution in [0.4, 0.5) is 0 Å². The average Bonchev–Trinajstić information content (AvgIpc) is 3.18. The molecule has 1 atom stereocenters. The number of hydrogen-bond donors (Lipinski definition) is 3. The molecular formula is C24H24N4O4. The van der Waals surface area contributed by atoms with E-state index in [4.69, 9.17) is 20.9 Å². The first-order valence-corrected chi connectivity index (χ1v) is 10.8. The number of benzene rings is 1. The van der Waals surface area contributed by atoms with Gasteiger partial charge in [-0.05, 0) is 55.1 Å². The van der Waals surface area contributed by atoms with E-state index in [-0.39, 0.29) is 18.6 Å². The Hall–Kier alpha value is -3.36. The Morgan fingerprint density at radius 3 is 2.84 bits per heavy atom. The van der Waals surface area contributed by atoms with E-state index in [9.17, 15) is 14.7 Å². The van der Waals surface area contributed by atoms with E-state index in [1.165, 1.54) is 6.21 Å². The normalized spacial score (nSPS) is 18.8. The number of carbonyl (C=O) groups is 1. The third-order valence-corrected chi connectivity index (χ3v) is 6.63. The molecule has 2 aromatic heterocycles. The van der Waals surface area contributed by atoms with Gasteiger partial charge in [-0.25, -0.2) is 9.78 Å². The standard InChI is InChI=1S/C24H24N4O4/c1-2-24(31)18-9-20-21-16(11-28(20)22(29)17(18)12-32-23(24)30)14(4-3-7-25)15-8-13(10-26)5-6-19(15)27-21/h5-6,8-10,26,31H,2-4,7,11-12,25H2,1H3/t24-/m0/s1. The maximum absolute atomic E-state index is 13.4. The van der Waals surface area contributed by atoms with E-state index < -0.39 is 11.6 Å². The molecule has 4 heterocycles. The molecule has 8 nitrogen and oxygen atoms in total. The molecule has 32 heavy (non-hydrogen) atoms. The molecule has 1 aromatic carbocycles. The highest BCUT2D eigenvalue weighted by molar-refractivity contribution is 5.93. The fourth-order valence-corrected chi connectivity index (χ4v) is 4.83. The maximum atomic E-state index is 13.4. The summed E-state index contributed by atoms with van der Waals surface area (Å²) in [4.78, 5) is 30.6. The Kier molecular flexibility index (Phi) is 4.72. The number of pyridine rings is 2. The molecule has 2 aliphatic rings. The molecule has 0 saturated heterocycles. The summed E-state index contributed by atoms with van der Waals surface area (Å²) in [7, 11) is 0. The van der Waals surface area contributed by atoms with Crippen molar-refractivity contribution in [3.63, 3.8) is 0 Å². The molecular weight excluding hydrogens is 408 g/mol. The zero-order valence-corrected chi connectivity index (χ0v) is 17.8. The number of rotatable bonds is 5. The Labute approximate surface area is 184 Å². The molecule has 0 unspecified atom stereocenters. The minimum absolute atomic E-state index is 0.105. The lowest BCUT2D eigenvalue weighted by Gasteiger charge is -2.31. The molecule has 0 bridgehead atoms. The largest absolute Gasteiger partial charge is 0.458 e. The van der Waals surface area contributed by atoms with Crippen molar-refractivity contribution in [2.45, 2.75) is 44.9 Å². The summed E-state index contributed by atoms with van der Waals surface area (Å²) in [6.07, 6.45) is 2.91. The highest BCUT2D eigenvalue weighted by atomic mass is 16.6. The highest BCUT2D eigenvalue weighted by Crippen LogP contribution is 2.40. The SMILES string of the molecule is CC[C@@]1(O)C(=O)OCc2c1cc1n(c2=O)Cc2c-1nc1ccc(C=N)cc1c2CCCN. The number of nitrogens with two attached hydrogens (primary N) is 1. The van der Waals surface area contributed by atoms with Crippen molar-refractivity contribution in [1.82, 2.24) is 9.55 Å². The fraction of sp³-hybridized carbons (Fsp3) is 0.333. The van der Waals surface area contributed by atoms with Gasteiger partial charge in [-0.3, -0.25) is 4.79 Å². The molecule has 3 aromatic rings. The average molecular weight is 432 g/mol. The second-order valence-corrected chi connectivity index (χ2v) is 8.33. The van der Waals surface area contributed by atoms with Crippen LogP contribution in [0, 0.1) is 5.41 Å². The predicted octanol–water partition coefficient (Wildman–Crippen LogP) is 1.97. The van der Waals surface area contributed by atoms with Gasteiger partial charge >= 0.3 is 5.97 Å². The predicted molar refractivity (Wildman–Crippen MR) is 120 cm³/mol. The lowest BCUT2D eigenvalue weighted by atomic mass is 9.86. The zero-order chi connectivity index (χ0) is 22.6. The van der Waals surface area contributed by atoms with Gasteiger partial charge in [0.1, 0.15) is 6.61 Å². The van der Waals surface area contributed by atoms with E-state index in [0.29, 0.717) is 35.6 Å². The molecule has 0 spiro atoms. The van der Waals surface area contributed by atoms with Gasteiger partial charge in [-0.2, -0.15) is 0 Å². The van der Waals surface area contributed by atoms with Crippen LogP contribution in [-0.2, 0) is 34.7 Å². The molecule has 4 N–H and O–H groups in total. The van der Waals surface area contributed by atoms with E-state index in [1.54, 1.807) is 17.6 Å². The van der Waals surface area contributed by atoms with Crippen LogP contribution in [0.3, 0.4) is 0 Å². The van der Waals surface area contributed by atoms with Crippen LogP contribution in [-0.4, -0.2) is 33.4 Å². The minimum atomic E-state index is -1.84. The first-order valence-electron chi connectivity index (χ1n) is 10.8. The molecule has 8 heteroatoms. The smallest absolute Gasteiger partial charge is 0.343 e. The quantitative estimate of drug-likeness (QED) is 0.326. The Bertz CT molecular complexity index is 1360. The van der Waals surface area contributed by atoms with Crippen molar-refractivity contribution in [3.05, 3.63) is 62.4 Å².